The van der Waals surface area contributed by atoms with E-state index < -0.39 is 0 Å². The average Bonchev–Trinajstić information content (AvgIpc) is 3.31. The molecule has 0 spiro atoms. The van der Waals surface area contributed by atoms with Crippen LogP contribution in [-0.2, 0) is 11.3 Å². The highest BCUT2D eigenvalue weighted by Gasteiger charge is 2.31. The number of halogens is 1. The summed E-state index contributed by atoms with van der Waals surface area (Å²) in [6.45, 7) is 8.01. The van der Waals surface area contributed by atoms with Crippen molar-refractivity contribution in [1.82, 2.24) is 19.4 Å². The van der Waals surface area contributed by atoms with E-state index in [1.165, 1.54) is 11.3 Å². The quantitative estimate of drug-likeness (QED) is 0.310. The predicted molar refractivity (Wildman–Crippen MR) is 157 cm³/mol. The van der Waals surface area contributed by atoms with Crippen molar-refractivity contribution in [3.8, 4) is 5.69 Å². The fourth-order valence-corrected chi connectivity index (χ4v) is 6.12. The van der Waals surface area contributed by atoms with Crippen LogP contribution >= 0.6 is 15.9 Å². The third kappa shape index (κ3) is 5.22. The molecule has 2 aliphatic rings. The first-order valence-corrected chi connectivity index (χ1v) is 14.4. The Balaban J connectivity index is 1.14. The van der Waals surface area contributed by atoms with E-state index in [1.807, 2.05) is 6.07 Å². The van der Waals surface area contributed by atoms with Crippen LogP contribution in [0.5, 0.6) is 0 Å². The summed E-state index contributed by atoms with van der Waals surface area (Å²) in [5, 5.41) is 0. The average molecular weight is 573 g/mol. The van der Waals surface area contributed by atoms with E-state index in [0.29, 0.717) is 5.91 Å². The number of aromatic nitrogens is 2. The number of fused-ring (bicyclic) bond motifs is 1. The highest BCUT2D eigenvalue weighted by molar-refractivity contribution is 9.10. The molecule has 1 amide bonds. The van der Waals surface area contributed by atoms with Crippen LogP contribution in [0.2, 0.25) is 0 Å². The molecule has 2 fully saturated rings. The van der Waals surface area contributed by atoms with Crippen molar-refractivity contribution < 1.29 is 4.79 Å². The van der Waals surface area contributed by atoms with E-state index in [9.17, 15) is 4.79 Å². The summed E-state index contributed by atoms with van der Waals surface area (Å²) in [6.07, 6.45) is 2.01. The molecule has 1 atom stereocenters. The Labute approximate surface area is 233 Å². The van der Waals surface area contributed by atoms with Gasteiger partial charge in [-0.3, -0.25) is 14.3 Å². The van der Waals surface area contributed by atoms with Crippen LogP contribution in [0.15, 0.2) is 77.3 Å². The van der Waals surface area contributed by atoms with Gasteiger partial charge in [-0.1, -0.05) is 45.8 Å². The number of hydrogen-bond acceptors (Lipinski definition) is 4. The zero-order chi connectivity index (χ0) is 26.1. The minimum absolute atomic E-state index is 0.0557. The number of carbonyl (C=O) groups is 1. The molecule has 0 N–H and O–H groups in total. The number of amides is 1. The smallest absolute Gasteiger partial charge is 0.227 e. The number of hydrogen-bond donors (Lipinski definition) is 0. The van der Waals surface area contributed by atoms with Gasteiger partial charge >= 0.3 is 0 Å². The van der Waals surface area contributed by atoms with Crippen molar-refractivity contribution in [2.45, 2.75) is 26.3 Å². The number of aryl methyl sites for hydroxylation is 1. The fourth-order valence-electron chi connectivity index (χ4n) is 5.86. The second-order valence-electron chi connectivity index (χ2n) is 10.6. The van der Waals surface area contributed by atoms with E-state index in [0.717, 1.165) is 85.7 Å². The Bertz CT molecular complexity index is 1410. The first-order chi connectivity index (χ1) is 18.5. The standard InChI is InChI=1S/C31H34BrN5O/c1-23-8-12-26(13-9-23)35-17-19-36(20-18-35)31(38)24-5-4-16-34(21-24)22-30-33-28-6-2-3-7-29(28)37(30)27-14-10-25(32)11-15-27/h2-3,6-15,24H,4-5,16-22H2,1H3/t24-/m0/s1. The van der Waals surface area contributed by atoms with Gasteiger partial charge in [0, 0.05) is 48.6 Å². The third-order valence-corrected chi connectivity index (χ3v) is 8.45. The predicted octanol–water partition coefficient (Wildman–Crippen LogP) is 5.66. The van der Waals surface area contributed by atoms with Crippen LogP contribution in [0.25, 0.3) is 16.7 Å². The van der Waals surface area contributed by atoms with Gasteiger partial charge in [-0.15, -0.1) is 0 Å². The van der Waals surface area contributed by atoms with Crippen molar-refractivity contribution in [3.05, 3.63) is 88.7 Å². The van der Waals surface area contributed by atoms with Crippen LogP contribution < -0.4 is 4.90 Å². The first-order valence-electron chi connectivity index (χ1n) is 13.6. The molecular weight excluding hydrogens is 538 g/mol. The second-order valence-corrected chi connectivity index (χ2v) is 11.5. The van der Waals surface area contributed by atoms with Crippen molar-refractivity contribution in [3.63, 3.8) is 0 Å². The maximum absolute atomic E-state index is 13.6. The normalized spacial score (nSPS) is 18.7. The van der Waals surface area contributed by atoms with Gasteiger partial charge in [-0.2, -0.15) is 0 Å². The molecule has 0 unspecified atom stereocenters. The highest BCUT2D eigenvalue weighted by atomic mass is 79.9. The Hall–Kier alpha value is -3.16. The maximum atomic E-state index is 13.6. The van der Waals surface area contributed by atoms with Gasteiger partial charge < -0.3 is 9.80 Å². The Morgan fingerprint density at radius 1 is 0.895 bits per heavy atom. The molecule has 0 bridgehead atoms. The fraction of sp³-hybridized carbons (Fsp3) is 0.355. The number of nitrogens with zero attached hydrogens (tertiary/aromatic N) is 5. The van der Waals surface area contributed by atoms with E-state index in [1.54, 1.807) is 0 Å². The summed E-state index contributed by atoms with van der Waals surface area (Å²) >= 11 is 3.56. The van der Waals surface area contributed by atoms with Gasteiger partial charge in [-0.05, 0) is 74.8 Å². The molecule has 2 saturated heterocycles. The number of piperidine rings is 1. The van der Waals surface area contributed by atoms with E-state index in [-0.39, 0.29) is 5.92 Å². The lowest BCUT2D eigenvalue weighted by Crippen LogP contribution is -2.52. The monoisotopic (exact) mass is 571 g/mol. The van der Waals surface area contributed by atoms with Gasteiger partial charge in [-0.25, -0.2) is 4.98 Å². The minimum Gasteiger partial charge on any atom is -0.368 e. The molecule has 3 heterocycles. The summed E-state index contributed by atoms with van der Waals surface area (Å²) in [6, 6.07) is 25.4. The molecule has 0 saturated carbocycles. The van der Waals surface area contributed by atoms with Gasteiger partial charge in [0.2, 0.25) is 5.91 Å². The number of anilines is 1. The molecule has 6 nitrogen and oxygen atoms in total. The molecule has 0 aliphatic carbocycles. The second kappa shape index (κ2) is 10.9. The van der Waals surface area contributed by atoms with Gasteiger partial charge in [0.1, 0.15) is 5.82 Å². The third-order valence-electron chi connectivity index (χ3n) is 7.93. The molecule has 7 heteroatoms. The van der Waals surface area contributed by atoms with Crippen molar-refractivity contribution in [2.24, 2.45) is 5.92 Å². The summed E-state index contributed by atoms with van der Waals surface area (Å²) in [7, 11) is 0. The molecule has 0 radical (unpaired) electrons. The molecule has 3 aromatic carbocycles. The SMILES string of the molecule is Cc1ccc(N2CCN(C(=O)[C@H]3CCCN(Cc4nc5ccccc5n4-c4ccc(Br)cc4)C3)CC2)cc1. The highest BCUT2D eigenvalue weighted by Crippen LogP contribution is 2.27. The maximum Gasteiger partial charge on any atom is 0.227 e. The number of rotatable bonds is 5. The number of likely N-dealkylation sites (tertiary alicyclic amines) is 1. The van der Waals surface area contributed by atoms with Gasteiger partial charge in [0.15, 0.2) is 0 Å². The Morgan fingerprint density at radius 2 is 1.61 bits per heavy atom. The van der Waals surface area contributed by atoms with Crippen LogP contribution in [0.1, 0.15) is 24.2 Å². The molecule has 2 aliphatic heterocycles. The van der Waals surface area contributed by atoms with Crippen LogP contribution in [-0.4, -0.2) is 64.5 Å². The largest absolute Gasteiger partial charge is 0.368 e. The number of piperazine rings is 1. The zero-order valence-electron chi connectivity index (χ0n) is 21.9. The van der Waals surface area contributed by atoms with Crippen molar-refractivity contribution in [2.75, 3.05) is 44.2 Å². The molecular formula is C31H34BrN5O. The molecule has 4 aromatic rings. The van der Waals surface area contributed by atoms with Crippen LogP contribution in [0, 0.1) is 12.8 Å². The van der Waals surface area contributed by atoms with Crippen molar-refractivity contribution in [1.29, 1.82) is 0 Å². The number of imidazole rings is 1. The lowest BCUT2D eigenvalue weighted by molar-refractivity contribution is -0.137. The Kier molecular flexibility index (Phi) is 7.22. The minimum atomic E-state index is 0.0557. The summed E-state index contributed by atoms with van der Waals surface area (Å²) in [5.41, 5.74) is 5.74. The van der Waals surface area contributed by atoms with Gasteiger partial charge in [0.05, 0.1) is 23.5 Å². The van der Waals surface area contributed by atoms with Gasteiger partial charge in [0.25, 0.3) is 0 Å². The summed E-state index contributed by atoms with van der Waals surface area (Å²) in [5.74, 6) is 1.40. The van der Waals surface area contributed by atoms with Crippen molar-refractivity contribution >= 4 is 38.6 Å². The zero-order valence-corrected chi connectivity index (χ0v) is 23.5. The lowest BCUT2D eigenvalue weighted by atomic mass is 9.96. The molecule has 6 rings (SSSR count). The van der Waals surface area contributed by atoms with E-state index in [2.05, 4.69) is 109 Å². The summed E-state index contributed by atoms with van der Waals surface area (Å²) < 4.78 is 3.32. The molecule has 196 valence electrons. The number of para-hydroxylation sites is 2. The van der Waals surface area contributed by atoms with E-state index >= 15 is 0 Å². The number of benzene rings is 3. The number of carbonyl (C=O) groups excluding carboxylic acids is 1. The molecule has 38 heavy (non-hydrogen) atoms. The summed E-state index contributed by atoms with van der Waals surface area (Å²) in [4.78, 5) is 25.5. The topological polar surface area (TPSA) is 44.6 Å². The lowest BCUT2D eigenvalue weighted by Gasteiger charge is -2.39. The first kappa shape index (κ1) is 25.1. The van der Waals surface area contributed by atoms with Crippen LogP contribution in [0.4, 0.5) is 5.69 Å². The van der Waals surface area contributed by atoms with Crippen LogP contribution in [0.3, 0.4) is 0 Å². The Morgan fingerprint density at radius 3 is 2.37 bits per heavy atom. The van der Waals surface area contributed by atoms with E-state index in [4.69, 9.17) is 4.98 Å². The molecule has 1 aromatic heterocycles.